The van der Waals surface area contributed by atoms with Gasteiger partial charge in [0.2, 0.25) is 11.8 Å². The van der Waals surface area contributed by atoms with Crippen molar-refractivity contribution in [1.82, 2.24) is 0 Å². The summed E-state index contributed by atoms with van der Waals surface area (Å²) in [6, 6.07) is 26.4. The zero-order valence-electron chi connectivity index (χ0n) is 24.9. The van der Waals surface area contributed by atoms with Gasteiger partial charge in [0.05, 0.1) is 23.1 Å². The fourth-order valence-electron chi connectivity index (χ4n) is 8.03. The summed E-state index contributed by atoms with van der Waals surface area (Å²) in [6.45, 7) is 10.7. The van der Waals surface area contributed by atoms with Crippen molar-refractivity contribution < 1.29 is 23.5 Å². The van der Waals surface area contributed by atoms with E-state index in [9.17, 15) is 14.4 Å². The summed E-state index contributed by atoms with van der Waals surface area (Å²) in [7, 11) is -2.71. The van der Waals surface area contributed by atoms with Gasteiger partial charge >= 0.3 is 5.97 Å². The van der Waals surface area contributed by atoms with Gasteiger partial charge in [-0.25, -0.2) is 9.69 Å². The van der Waals surface area contributed by atoms with E-state index < -0.39 is 43.1 Å². The quantitative estimate of drug-likeness (QED) is 0.180. The number of benzene rings is 3. The second-order valence-corrected chi connectivity index (χ2v) is 18.8. The molecule has 4 aliphatic rings. The topological polar surface area (TPSA) is 72.9 Å². The number of hydrogen-bond acceptors (Lipinski definition) is 5. The van der Waals surface area contributed by atoms with E-state index >= 15 is 0 Å². The lowest BCUT2D eigenvalue weighted by Gasteiger charge is -2.48. The lowest BCUT2D eigenvalue weighted by Crippen LogP contribution is -2.57. The highest BCUT2D eigenvalue weighted by molar-refractivity contribution is 6.74. The molecule has 0 N–H and O–H groups in total. The normalized spacial score (nSPS) is 29.8. The Balaban J connectivity index is 1.60. The summed E-state index contributed by atoms with van der Waals surface area (Å²) in [6.07, 6.45) is 0. The van der Waals surface area contributed by atoms with Gasteiger partial charge in [0.15, 0.2) is 8.32 Å². The van der Waals surface area contributed by atoms with E-state index in [0.29, 0.717) is 16.3 Å². The average molecular weight is 612 g/mol. The molecule has 220 valence electrons. The third kappa shape index (κ3) is 3.53. The van der Waals surface area contributed by atoms with E-state index in [0.717, 1.165) is 16.7 Å². The Labute approximate surface area is 257 Å². The average Bonchev–Trinajstić information content (AvgIpc) is 3.64. The maximum absolute atomic E-state index is 14.9. The van der Waals surface area contributed by atoms with Crippen LogP contribution in [0.1, 0.15) is 37.8 Å². The number of fused-ring (bicyclic) bond motifs is 7. The molecule has 2 amide bonds. The first-order chi connectivity index (χ1) is 20.4. The summed E-state index contributed by atoms with van der Waals surface area (Å²) < 4.78 is 13.3. The van der Waals surface area contributed by atoms with Gasteiger partial charge < -0.3 is 9.16 Å². The fraction of sp³-hybridized carbons (Fsp3) is 0.343. The number of anilines is 1. The Morgan fingerprint density at radius 3 is 2.05 bits per heavy atom. The molecule has 6 nitrogen and oxygen atoms in total. The van der Waals surface area contributed by atoms with E-state index in [4.69, 9.17) is 20.8 Å². The monoisotopic (exact) mass is 611 g/mol. The number of carbonyl (C=O) groups is 3. The summed E-state index contributed by atoms with van der Waals surface area (Å²) in [5, 5.41) is 0.320. The molecule has 0 radical (unpaired) electrons. The Morgan fingerprint density at radius 2 is 1.44 bits per heavy atom. The number of esters is 1. The summed E-state index contributed by atoms with van der Waals surface area (Å²) in [5.41, 5.74) is 0.942. The molecule has 3 aromatic rings. The number of rotatable bonds is 5. The number of halogens is 1. The smallest absolute Gasteiger partial charge is 0.337 e. The number of cyclic esters (lactones) is 1. The minimum Gasteiger partial charge on any atom is -0.458 e. The standard InChI is InChI=1S/C35H34ClNO5Si/c1-33(2,3)43(4,5)42-35-26-25(20-41-32(26)40)34(22-12-8-6-9-13-22,29(35)21-16-18-23(36)19-17-21)27-28(35)31(39)37(30(27)38)24-14-10-7-11-15-24/h6-19,27-29H,20H2,1-5H3/t27-,28+,29+,34+,35+/m0/s1. The minimum atomic E-state index is -2.71. The van der Waals surface area contributed by atoms with Crippen molar-refractivity contribution >= 4 is 43.4 Å². The molecule has 1 saturated carbocycles. The maximum Gasteiger partial charge on any atom is 0.337 e. The van der Waals surface area contributed by atoms with Gasteiger partial charge in [-0.2, -0.15) is 0 Å². The summed E-state index contributed by atoms with van der Waals surface area (Å²) in [4.78, 5) is 45.0. The van der Waals surface area contributed by atoms with Crippen LogP contribution in [0.5, 0.6) is 0 Å². The zero-order chi connectivity index (χ0) is 30.5. The number of amides is 2. The van der Waals surface area contributed by atoms with Crippen molar-refractivity contribution in [2.75, 3.05) is 11.5 Å². The van der Waals surface area contributed by atoms with Crippen LogP contribution in [-0.4, -0.2) is 38.3 Å². The van der Waals surface area contributed by atoms with Gasteiger partial charge in [-0.3, -0.25) is 9.59 Å². The molecule has 5 atom stereocenters. The van der Waals surface area contributed by atoms with Crippen LogP contribution in [0.3, 0.4) is 0 Å². The van der Waals surface area contributed by atoms with Crippen LogP contribution in [0.2, 0.25) is 23.2 Å². The van der Waals surface area contributed by atoms with Crippen molar-refractivity contribution in [3.63, 3.8) is 0 Å². The first-order valence-electron chi connectivity index (χ1n) is 14.7. The molecule has 2 heterocycles. The third-order valence-electron chi connectivity index (χ3n) is 10.6. The lowest BCUT2D eigenvalue weighted by molar-refractivity contribution is -0.139. The van der Waals surface area contributed by atoms with Crippen LogP contribution in [0.15, 0.2) is 96.1 Å². The van der Waals surface area contributed by atoms with Crippen LogP contribution in [0.25, 0.3) is 0 Å². The first-order valence-corrected chi connectivity index (χ1v) is 18.0. The second-order valence-electron chi connectivity index (χ2n) is 13.6. The van der Waals surface area contributed by atoms with Gasteiger partial charge in [-0.15, -0.1) is 0 Å². The zero-order valence-corrected chi connectivity index (χ0v) is 26.6. The van der Waals surface area contributed by atoms with Crippen molar-refractivity contribution in [3.8, 4) is 0 Å². The van der Waals surface area contributed by atoms with Crippen molar-refractivity contribution in [3.05, 3.63) is 112 Å². The van der Waals surface area contributed by atoms with Crippen LogP contribution in [0.4, 0.5) is 5.69 Å². The van der Waals surface area contributed by atoms with E-state index in [2.05, 4.69) is 33.9 Å². The molecule has 1 saturated heterocycles. The highest BCUT2D eigenvalue weighted by Crippen LogP contribution is 2.77. The van der Waals surface area contributed by atoms with Gasteiger partial charge in [0, 0.05) is 16.4 Å². The SMILES string of the molecule is CC(C)(C)[Si](C)(C)O[C@]12C3=C(COC3=O)[C@](c3ccccc3)([C@@H]3C(=O)N(c4ccccc4)C(=O)[C@@H]31)[C@H]2c1ccc(Cl)cc1. The Morgan fingerprint density at radius 1 is 0.860 bits per heavy atom. The molecule has 8 heteroatoms. The predicted molar refractivity (Wildman–Crippen MR) is 167 cm³/mol. The molecule has 2 fully saturated rings. The Hall–Kier alpha value is -3.52. The molecule has 0 spiro atoms. The molecule has 0 aromatic heterocycles. The number of imide groups is 1. The van der Waals surface area contributed by atoms with Crippen molar-refractivity contribution in [2.24, 2.45) is 11.8 Å². The summed E-state index contributed by atoms with van der Waals surface area (Å²) in [5.74, 6) is -3.37. The van der Waals surface area contributed by atoms with Crippen molar-refractivity contribution in [1.29, 1.82) is 0 Å². The van der Waals surface area contributed by atoms with E-state index in [1.165, 1.54) is 4.90 Å². The number of carbonyl (C=O) groups excluding carboxylic acids is 3. The second kappa shape index (κ2) is 9.24. The summed E-state index contributed by atoms with van der Waals surface area (Å²) >= 11 is 6.38. The van der Waals surface area contributed by atoms with Crippen LogP contribution < -0.4 is 4.90 Å². The van der Waals surface area contributed by atoms with Gasteiger partial charge in [0.25, 0.3) is 0 Å². The number of ether oxygens (including phenoxy) is 1. The molecular weight excluding hydrogens is 578 g/mol. The third-order valence-corrected chi connectivity index (χ3v) is 15.3. The van der Waals surface area contributed by atoms with Crippen LogP contribution in [-0.2, 0) is 29.0 Å². The van der Waals surface area contributed by atoms with Crippen molar-refractivity contribution in [2.45, 2.75) is 55.8 Å². The number of nitrogens with zero attached hydrogens (tertiary/aromatic N) is 1. The largest absolute Gasteiger partial charge is 0.458 e. The lowest BCUT2D eigenvalue weighted by atomic mass is 9.61. The van der Waals surface area contributed by atoms with E-state index in [1.807, 2.05) is 72.8 Å². The highest BCUT2D eigenvalue weighted by Gasteiger charge is 2.85. The van der Waals surface area contributed by atoms with Crippen LogP contribution >= 0.6 is 11.6 Å². The molecule has 7 rings (SSSR count). The number of hydrogen-bond donors (Lipinski definition) is 0. The van der Waals surface area contributed by atoms with E-state index in [-0.39, 0.29) is 23.5 Å². The van der Waals surface area contributed by atoms with Gasteiger partial charge in [-0.1, -0.05) is 93.0 Å². The Bertz CT molecular complexity index is 1700. The molecule has 43 heavy (non-hydrogen) atoms. The molecule has 2 aliphatic carbocycles. The van der Waals surface area contributed by atoms with Crippen LogP contribution in [0, 0.1) is 11.8 Å². The number of para-hydroxylation sites is 1. The fourth-order valence-corrected chi connectivity index (χ4v) is 9.65. The predicted octanol–water partition coefficient (Wildman–Crippen LogP) is 6.81. The minimum absolute atomic E-state index is 0.0474. The van der Waals surface area contributed by atoms with Gasteiger partial charge in [0.1, 0.15) is 12.2 Å². The maximum atomic E-state index is 14.9. The molecule has 2 aliphatic heterocycles. The van der Waals surface area contributed by atoms with E-state index in [1.54, 1.807) is 12.1 Å². The molecule has 0 unspecified atom stereocenters. The van der Waals surface area contributed by atoms with Gasteiger partial charge in [-0.05, 0) is 59.1 Å². The molecule has 3 aromatic carbocycles. The molecular formula is C35H34ClNO5Si. The molecule has 2 bridgehead atoms. The first kappa shape index (κ1) is 28.3. The highest BCUT2D eigenvalue weighted by atomic mass is 35.5. The Kier molecular flexibility index (Phi) is 6.07.